The Balaban J connectivity index is 1.70. The zero-order chi connectivity index (χ0) is 18.7. The van der Waals surface area contributed by atoms with Crippen LogP contribution >= 0.6 is 0 Å². The summed E-state index contributed by atoms with van der Waals surface area (Å²) in [4.78, 5) is 29.4. The number of amides is 2. The molecule has 2 heterocycles. The van der Waals surface area contributed by atoms with Gasteiger partial charge in [0.1, 0.15) is 0 Å². The number of carbonyl (C=O) groups is 2. The van der Waals surface area contributed by atoms with Crippen molar-refractivity contribution < 1.29 is 22.8 Å². The maximum absolute atomic E-state index is 13.2. The van der Waals surface area contributed by atoms with E-state index in [1.165, 1.54) is 18.2 Å². The van der Waals surface area contributed by atoms with Crippen molar-refractivity contribution in [3.63, 3.8) is 0 Å². The van der Waals surface area contributed by atoms with Crippen LogP contribution in [0.1, 0.15) is 17.5 Å². The minimum atomic E-state index is -4.57. The van der Waals surface area contributed by atoms with Crippen molar-refractivity contribution in [2.24, 2.45) is 5.92 Å². The molecular weight excluding hydrogens is 347 g/mol. The third kappa shape index (κ3) is 3.84. The van der Waals surface area contributed by atoms with Gasteiger partial charge in [-0.3, -0.25) is 14.6 Å². The number of rotatable bonds is 4. The second kappa shape index (κ2) is 7.15. The Bertz CT molecular complexity index is 809. The standard InChI is InChI=1S/C18H16F3N3O2/c19-18(20,21)14-3-1-2-4-15(14)24-11-13(9-16(24)25)17(26)23-10-12-5-7-22-8-6-12/h1-8,13H,9-11H2,(H,23,26). The van der Waals surface area contributed by atoms with Crippen molar-refractivity contribution in [3.8, 4) is 0 Å². The second-order valence-electron chi connectivity index (χ2n) is 5.99. The van der Waals surface area contributed by atoms with Gasteiger partial charge in [-0.25, -0.2) is 0 Å². The normalized spacial score (nSPS) is 17.4. The van der Waals surface area contributed by atoms with Gasteiger partial charge in [-0.15, -0.1) is 0 Å². The lowest BCUT2D eigenvalue weighted by atomic mass is 10.1. The first-order valence-electron chi connectivity index (χ1n) is 7.99. The quantitative estimate of drug-likeness (QED) is 0.909. The van der Waals surface area contributed by atoms with Crippen LogP contribution in [0.2, 0.25) is 0 Å². The average molecular weight is 363 g/mol. The summed E-state index contributed by atoms with van der Waals surface area (Å²) in [5.41, 5.74) is -0.252. The first-order chi connectivity index (χ1) is 12.4. The van der Waals surface area contributed by atoms with Crippen LogP contribution in [0.3, 0.4) is 0 Å². The molecule has 1 fully saturated rings. The summed E-state index contributed by atoms with van der Waals surface area (Å²) in [6.07, 6.45) is -1.50. The Morgan fingerprint density at radius 1 is 1.19 bits per heavy atom. The van der Waals surface area contributed by atoms with E-state index in [1.807, 2.05) is 0 Å². The Morgan fingerprint density at radius 2 is 1.88 bits per heavy atom. The van der Waals surface area contributed by atoms with Crippen LogP contribution < -0.4 is 10.2 Å². The molecule has 0 saturated carbocycles. The number of benzene rings is 1. The third-order valence-corrected chi connectivity index (χ3v) is 4.21. The lowest BCUT2D eigenvalue weighted by Gasteiger charge is -2.21. The van der Waals surface area contributed by atoms with Gasteiger partial charge in [0.15, 0.2) is 0 Å². The fourth-order valence-electron chi connectivity index (χ4n) is 2.90. The van der Waals surface area contributed by atoms with E-state index in [-0.39, 0.29) is 31.1 Å². The molecule has 1 saturated heterocycles. The molecule has 8 heteroatoms. The zero-order valence-corrected chi connectivity index (χ0v) is 13.7. The number of nitrogens with zero attached hydrogens (tertiary/aromatic N) is 2. The van der Waals surface area contributed by atoms with E-state index in [4.69, 9.17) is 0 Å². The van der Waals surface area contributed by atoms with Crippen LogP contribution in [-0.4, -0.2) is 23.3 Å². The number of hydrogen-bond acceptors (Lipinski definition) is 3. The van der Waals surface area contributed by atoms with Crippen molar-refractivity contribution in [1.82, 2.24) is 10.3 Å². The molecule has 0 radical (unpaired) electrons. The summed E-state index contributed by atoms with van der Waals surface area (Å²) in [7, 11) is 0. The predicted molar refractivity (Wildman–Crippen MR) is 88.0 cm³/mol. The molecule has 136 valence electrons. The first-order valence-corrected chi connectivity index (χ1v) is 7.99. The molecular formula is C18H16F3N3O2. The number of hydrogen-bond donors (Lipinski definition) is 1. The van der Waals surface area contributed by atoms with Crippen molar-refractivity contribution in [2.45, 2.75) is 19.1 Å². The summed E-state index contributed by atoms with van der Waals surface area (Å²) in [5.74, 6) is -1.54. The molecule has 0 bridgehead atoms. The molecule has 3 rings (SSSR count). The Morgan fingerprint density at radius 3 is 2.58 bits per heavy atom. The molecule has 0 spiro atoms. The molecule has 1 aromatic heterocycles. The molecule has 2 aromatic rings. The largest absolute Gasteiger partial charge is 0.418 e. The second-order valence-corrected chi connectivity index (χ2v) is 5.99. The number of carbonyl (C=O) groups excluding carboxylic acids is 2. The fourth-order valence-corrected chi connectivity index (χ4v) is 2.90. The Kier molecular flexibility index (Phi) is 4.92. The van der Waals surface area contributed by atoms with Gasteiger partial charge in [-0.1, -0.05) is 12.1 Å². The van der Waals surface area contributed by atoms with Crippen molar-refractivity contribution in [1.29, 1.82) is 0 Å². The molecule has 1 N–H and O–H groups in total. The summed E-state index contributed by atoms with van der Waals surface area (Å²) in [6, 6.07) is 8.37. The van der Waals surface area contributed by atoms with Crippen LogP contribution in [0, 0.1) is 5.92 Å². The molecule has 2 amide bonds. The minimum Gasteiger partial charge on any atom is -0.352 e. The smallest absolute Gasteiger partial charge is 0.352 e. The maximum atomic E-state index is 13.2. The van der Waals surface area contributed by atoms with E-state index in [0.29, 0.717) is 0 Å². The Hall–Kier alpha value is -2.90. The zero-order valence-electron chi connectivity index (χ0n) is 13.7. The fraction of sp³-hybridized carbons (Fsp3) is 0.278. The summed E-state index contributed by atoms with van der Waals surface area (Å²) in [6.45, 7) is 0.194. The van der Waals surface area contributed by atoms with Crippen molar-refractivity contribution in [2.75, 3.05) is 11.4 Å². The number of pyridine rings is 1. The summed E-state index contributed by atoms with van der Waals surface area (Å²) in [5, 5.41) is 2.71. The number of alkyl halides is 3. The van der Waals surface area contributed by atoms with Gasteiger partial charge in [0.05, 0.1) is 17.2 Å². The van der Waals surface area contributed by atoms with E-state index in [0.717, 1.165) is 16.5 Å². The van der Waals surface area contributed by atoms with Gasteiger partial charge in [0.25, 0.3) is 0 Å². The number of halogens is 3. The highest BCUT2D eigenvalue weighted by molar-refractivity contribution is 6.00. The van der Waals surface area contributed by atoms with Crippen LogP contribution in [0.25, 0.3) is 0 Å². The molecule has 1 aliphatic heterocycles. The number of nitrogens with one attached hydrogen (secondary N) is 1. The van der Waals surface area contributed by atoms with Gasteiger partial charge in [-0.05, 0) is 29.8 Å². The number of aromatic nitrogens is 1. The highest BCUT2D eigenvalue weighted by Gasteiger charge is 2.40. The van der Waals surface area contributed by atoms with Gasteiger partial charge < -0.3 is 10.2 Å². The van der Waals surface area contributed by atoms with Gasteiger partial charge >= 0.3 is 6.18 Å². The van der Waals surface area contributed by atoms with E-state index >= 15 is 0 Å². The lowest BCUT2D eigenvalue weighted by molar-refractivity contribution is -0.137. The third-order valence-electron chi connectivity index (χ3n) is 4.21. The predicted octanol–water partition coefficient (Wildman–Crippen LogP) is 2.77. The highest BCUT2D eigenvalue weighted by atomic mass is 19.4. The topological polar surface area (TPSA) is 62.3 Å². The minimum absolute atomic E-state index is 0.0753. The molecule has 1 aliphatic rings. The van der Waals surface area contributed by atoms with Crippen LogP contribution in [0.4, 0.5) is 18.9 Å². The lowest BCUT2D eigenvalue weighted by Crippen LogP contribution is -2.33. The van der Waals surface area contributed by atoms with E-state index in [9.17, 15) is 22.8 Å². The molecule has 1 atom stereocenters. The number of para-hydroxylation sites is 1. The summed E-state index contributed by atoms with van der Waals surface area (Å²) >= 11 is 0. The van der Waals surface area contributed by atoms with Gasteiger partial charge in [0.2, 0.25) is 11.8 Å². The van der Waals surface area contributed by atoms with Crippen LogP contribution in [-0.2, 0) is 22.3 Å². The first kappa shape index (κ1) is 17.9. The van der Waals surface area contributed by atoms with E-state index in [1.54, 1.807) is 24.5 Å². The van der Waals surface area contributed by atoms with Crippen molar-refractivity contribution in [3.05, 3.63) is 59.9 Å². The SMILES string of the molecule is O=C(NCc1ccncc1)C1CC(=O)N(c2ccccc2C(F)(F)F)C1. The van der Waals surface area contributed by atoms with Crippen LogP contribution in [0.15, 0.2) is 48.8 Å². The van der Waals surface area contributed by atoms with Gasteiger partial charge in [0, 0.05) is 31.9 Å². The molecule has 0 aliphatic carbocycles. The van der Waals surface area contributed by atoms with E-state index < -0.39 is 23.6 Å². The summed E-state index contributed by atoms with van der Waals surface area (Å²) < 4.78 is 39.5. The van der Waals surface area contributed by atoms with Crippen LogP contribution in [0.5, 0.6) is 0 Å². The highest BCUT2D eigenvalue weighted by Crippen LogP contribution is 2.38. The van der Waals surface area contributed by atoms with Crippen molar-refractivity contribution >= 4 is 17.5 Å². The maximum Gasteiger partial charge on any atom is 0.418 e. The van der Waals surface area contributed by atoms with E-state index in [2.05, 4.69) is 10.3 Å². The molecule has 5 nitrogen and oxygen atoms in total. The van der Waals surface area contributed by atoms with Gasteiger partial charge in [-0.2, -0.15) is 13.2 Å². The molecule has 1 aromatic carbocycles. The average Bonchev–Trinajstić information content (AvgIpc) is 3.01. The Labute approximate surface area is 147 Å². The molecule has 26 heavy (non-hydrogen) atoms. The molecule has 1 unspecified atom stereocenters. The monoisotopic (exact) mass is 363 g/mol. The number of anilines is 1.